The van der Waals surface area contributed by atoms with Crippen molar-refractivity contribution in [2.45, 2.75) is 26.2 Å². The molecule has 0 saturated carbocycles. The van der Waals surface area contributed by atoms with Gasteiger partial charge in [-0.25, -0.2) is 4.39 Å². The van der Waals surface area contributed by atoms with E-state index in [1.807, 2.05) is 0 Å². The van der Waals surface area contributed by atoms with Crippen LogP contribution in [0.3, 0.4) is 0 Å². The fourth-order valence-electron chi connectivity index (χ4n) is 2.98. The molecule has 0 fully saturated rings. The van der Waals surface area contributed by atoms with Gasteiger partial charge in [0.2, 0.25) is 0 Å². The summed E-state index contributed by atoms with van der Waals surface area (Å²) in [4.78, 5) is 5.83. The van der Waals surface area contributed by atoms with Crippen molar-refractivity contribution in [3.8, 4) is 0 Å². The number of hydrogen-bond donors (Lipinski definition) is 1. The molecule has 1 N–H and O–H groups in total. The molecule has 2 heterocycles. The second kappa shape index (κ2) is 5.14. The number of aromatic nitrogens is 1. The summed E-state index contributed by atoms with van der Waals surface area (Å²) >= 11 is 5.92. The highest BCUT2D eigenvalue weighted by atomic mass is 35.5. The first-order valence-electron chi connectivity index (χ1n) is 6.90. The third kappa shape index (κ3) is 2.37. The van der Waals surface area contributed by atoms with Crippen LogP contribution in [-0.2, 0) is 12.8 Å². The number of rotatable bonds is 1. The van der Waals surface area contributed by atoms with Crippen LogP contribution in [0, 0.1) is 5.82 Å². The quantitative estimate of drug-likeness (QED) is 0.842. The van der Waals surface area contributed by atoms with Crippen LogP contribution in [0.5, 0.6) is 0 Å². The predicted octanol–water partition coefficient (Wildman–Crippen LogP) is 3.77. The Balaban J connectivity index is 2.06. The third-order valence-electron chi connectivity index (χ3n) is 4.06. The molecule has 0 spiro atoms. The summed E-state index contributed by atoms with van der Waals surface area (Å²) in [7, 11) is 0. The average molecular weight is 281 g/mol. The summed E-state index contributed by atoms with van der Waals surface area (Å²) < 4.78 is 13.5. The number of hydrogen-bond acceptors (Lipinski definition) is 1. The van der Waals surface area contributed by atoms with Gasteiger partial charge in [-0.2, -0.15) is 0 Å². The maximum absolute atomic E-state index is 13.5. The van der Waals surface area contributed by atoms with E-state index in [1.165, 1.54) is 17.3 Å². The molecule has 19 heavy (non-hydrogen) atoms. The van der Waals surface area contributed by atoms with Gasteiger partial charge in [0.05, 0.1) is 5.02 Å². The van der Waals surface area contributed by atoms with Gasteiger partial charge in [0.25, 0.3) is 0 Å². The monoisotopic (exact) mass is 280 g/mol. The van der Waals surface area contributed by atoms with Crippen LogP contribution < -0.4 is 0 Å². The van der Waals surface area contributed by atoms with E-state index in [9.17, 15) is 4.39 Å². The van der Waals surface area contributed by atoms with Crippen LogP contribution in [0.1, 0.15) is 24.6 Å². The molecular weight excluding hydrogens is 263 g/mol. The minimum absolute atomic E-state index is 0.212. The molecule has 0 radical (unpaired) electrons. The van der Waals surface area contributed by atoms with Crippen molar-refractivity contribution in [2.75, 3.05) is 19.6 Å². The van der Waals surface area contributed by atoms with E-state index in [-0.39, 0.29) is 10.8 Å². The van der Waals surface area contributed by atoms with Gasteiger partial charge in [-0.1, -0.05) is 18.5 Å². The minimum Gasteiger partial charge on any atom is -0.358 e. The lowest BCUT2D eigenvalue weighted by Crippen LogP contribution is -2.29. The molecule has 2 nitrogen and oxygen atoms in total. The fraction of sp³-hybridized carbons (Fsp3) is 0.467. The van der Waals surface area contributed by atoms with Crippen LogP contribution in [0.2, 0.25) is 5.02 Å². The highest BCUT2D eigenvalue weighted by molar-refractivity contribution is 6.31. The summed E-state index contributed by atoms with van der Waals surface area (Å²) in [5, 5.41) is 1.29. The van der Waals surface area contributed by atoms with E-state index < -0.39 is 0 Å². The molecule has 4 heteroatoms. The Morgan fingerprint density at radius 2 is 2.16 bits per heavy atom. The van der Waals surface area contributed by atoms with E-state index in [4.69, 9.17) is 11.6 Å². The van der Waals surface area contributed by atoms with Gasteiger partial charge in [0.1, 0.15) is 5.82 Å². The summed E-state index contributed by atoms with van der Waals surface area (Å²) in [6.45, 7) is 5.49. The number of nitrogens with zero attached hydrogens (tertiary/aromatic N) is 1. The molecule has 0 unspecified atom stereocenters. The number of aromatic amines is 1. The normalized spacial score (nSPS) is 17.2. The van der Waals surface area contributed by atoms with E-state index in [0.717, 1.165) is 49.8 Å². The highest BCUT2D eigenvalue weighted by Crippen LogP contribution is 2.29. The molecule has 0 bridgehead atoms. The molecule has 0 aliphatic carbocycles. The minimum atomic E-state index is -0.349. The highest BCUT2D eigenvalue weighted by Gasteiger charge is 2.17. The lowest BCUT2D eigenvalue weighted by Gasteiger charge is -2.22. The van der Waals surface area contributed by atoms with Gasteiger partial charge in [0, 0.05) is 23.1 Å². The first-order chi connectivity index (χ1) is 9.19. The second-order valence-corrected chi connectivity index (χ2v) is 5.59. The van der Waals surface area contributed by atoms with Crippen molar-refractivity contribution in [3.05, 3.63) is 34.2 Å². The summed E-state index contributed by atoms with van der Waals surface area (Å²) in [6.07, 6.45) is 3.18. The number of fused-ring (bicyclic) bond motifs is 3. The van der Waals surface area contributed by atoms with Crippen molar-refractivity contribution in [1.82, 2.24) is 9.88 Å². The summed E-state index contributed by atoms with van der Waals surface area (Å²) in [6, 6.07) is 3.28. The average Bonchev–Trinajstić information content (AvgIpc) is 2.67. The largest absolute Gasteiger partial charge is 0.358 e. The van der Waals surface area contributed by atoms with Crippen LogP contribution >= 0.6 is 11.6 Å². The molecule has 1 aromatic carbocycles. The van der Waals surface area contributed by atoms with E-state index >= 15 is 0 Å². The van der Waals surface area contributed by atoms with Gasteiger partial charge < -0.3 is 9.88 Å². The molecule has 0 amide bonds. The molecule has 3 rings (SSSR count). The standard InChI is InChI=1S/C15H18ClFN2/c1-2-19-6-3-4-14-10(5-7-19)11-8-12(16)13(17)9-15(11)18-14/h8-9,18H,2-7H2,1H3. The number of likely N-dealkylation sites (N-methyl/N-ethyl adjacent to an activating group) is 1. The van der Waals surface area contributed by atoms with Crippen molar-refractivity contribution in [3.63, 3.8) is 0 Å². The van der Waals surface area contributed by atoms with Gasteiger partial charge in [-0.15, -0.1) is 0 Å². The van der Waals surface area contributed by atoms with Crippen molar-refractivity contribution in [1.29, 1.82) is 0 Å². The van der Waals surface area contributed by atoms with E-state index in [2.05, 4.69) is 16.8 Å². The smallest absolute Gasteiger partial charge is 0.143 e. The third-order valence-corrected chi connectivity index (χ3v) is 4.35. The van der Waals surface area contributed by atoms with Gasteiger partial charge >= 0.3 is 0 Å². The first-order valence-corrected chi connectivity index (χ1v) is 7.27. The molecule has 1 aromatic heterocycles. The molecule has 0 saturated heterocycles. The van der Waals surface area contributed by atoms with Crippen LogP contribution in [0.15, 0.2) is 12.1 Å². The molecule has 1 aliphatic rings. The Kier molecular flexibility index (Phi) is 3.50. The lowest BCUT2D eigenvalue weighted by atomic mass is 10.0. The summed E-state index contributed by atoms with van der Waals surface area (Å²) in [5.41, 5.74) is 3.44. The number of benzene rings is 1. The number of H-pyrrole nitrogens is 1. The summed E-state index contributed by atoms with van der Waals surface area (Å²) in [5.74, 6) is -0.349. The first kappa shape index (κ1) is 12.9. The predicted molar refractivity (Wildman–Crippen MR) is 77.4 cm³/mol. The van der Waals surface area contributed by atoms with Crippen LogP contribution in [0.4, 0.5) is 4.39 Å². The molecule has 1 aliphatic heterocycles. The second-order valence-electron chi connectivity index (χ2n) is 5.18. The number of aryl methyl sites for hydroxylation is 1. The Labute approximate surface area is 117 Å². The Morgan fingerprint density at radius 1 is 1.32 bits per heavy atom. The van der Waals surface area contributed by atoms with Gasteiger partial charge in [-0.3, -0.25) is 0 Å². The zero-order valence-corrected chi connectivity index (χ0v) is 11.9. The molecule has 2 aromatic rings. The topological polar surface area (TPSA) is 19.0 Å². The zero-order chi connectivity index (χ0) is 13.4. The molecule has 102 valence electrons. The Morgan fingerprint density at radius 3 is 2.95 bits per heavy atom. The van der Waals surface area contributed by atoms with Crippen molar-refractivity contribution < 1.29 is 4.39 Å². The van der Waals surface area contributed by atoms with E-state index in [1.54, 1.807) is 6.07 Å². The number of halogens is 2. The SMILES string of the molecule is CCN1CCCc2[nH]c3cc(F)c(Cl)cc3c2CC1. The van der Waals surface area contributed by atoms with E-state index in [0.29, 0.717) is 0 Å². The Hall–Kier alpha value is -1.06. The maximum Gasteiger partial charge on any atom is 0.143 e. The van der Waals surface area contributed by atoms with Gasteiger partial charge in [-0.05, 0) is 50.0 Å². The molecular formula is C15H18ClFN2. The lowest BCUT2D eigenvalue weighted by molar-refractivity contribution is 0.283. The van der Waals surface area contributed by atoms with Crippen LogP contribution in [-0.4, -0.2) is 29.5 Å². The maximum atomic E-state index is 13.5. The van der Waals surface area contributed by atoms with Crippen molar-refractivity contribution >= 4 is 22.5 Å². The number of nitrogens with one attached hydrogen (secondary N) is 1. The molecule has 0 atom stereocenters. The Bertz CT molecular complexity index is 606. The van der Waals surface area contributed by atoms with Crippen molar-refractivity contribution in [2.24, 2.45) is 0 Å². The van der Waals surface area contributed by atoms with Gasteiger partial charge in [0.15, 0.2) is 0 Å². The fourth-order valence-corrected chi connectivity index (χ4v) is 3.14. The van der Waals surface area contributed by atoms with Crippen LogP contribution in [0.25, 0.3) is 10.9 Å². The zero-order valence-electron chi connectivity index (χ0n) is 11.1.